The molecule has 0 amide bonds. The molecule has 0 aliphatic carbocycles. The molecule has 4 nitrogen and oxygen atoms in total. The van der Waals surface area contributed by atoms with E-state index >= 15 is 0 Å². The van der Waals surface area contributed by atoms with Gasteiger partial charge >= 0.3 is 0 Å². The minimum absolute atomic E-state index is 0.0543. The first-order valence-corrected chi connectivity index (χ1v) is 5.24. The van der Waals surface area contributed by atoms with Gasteiger partial charge in [-0.1, -0.05) is 0 Å². The van der Waals surface area contributed by atoms with E-state index in [-0.39, 0.29) is 6.10 Å². The number of anilines is 1. The SMILES string of the molecule is CCOC(C)c1nc(C)c(C)c(NC)n1. The Hall–Kier alpha value is -1.16. The number of rotatable bonds is 4. The van der Waals surface area contributed by atoms with Gasteiger partial charge in [-0.05, 0) is 27.7 Å². The van der Waals surface area contributed by atoms with E-state index in [0.717, 1.165) is 22.9 Å². The van der Waals surface area contributed by atoms with Crippen LogP contribution in [0.5, 0.6) is 0 Å². The van der Waals surface area contributed by atoms with Crippen LogP contribution in [0.25, 0.3) is 0 Å². The summed E-state index contributed by atoms with van der Waals surface area (Å²) in [5.41, 5.74) is 2.08. The molecule has 1 aromatic rings. The summed E-state index contributed by atoms with van der Waals surface area (Å²) in [4.78, 5) is 8.85. The molecule has 1 heterocycles. The molecule has 0 spiro atoms. The zero-order valence-corrected chi connectivity index (χ0v) is 10.1. The Morgan fingerprint density at radius 2 is 2.00 bits per heavy atom. The summed E-state index contributed by atoms with van der Waals surface area (Å²) in [5, 5.41) is 3.07. The molecule has 15 heavy (non-hydrogen) atoms. The number of aryl methyl sites for hydroxylation is 1. The Morgan fingerprint density at radius 1 is 1.33 bits per heavy atom. The Balaban J connectivity index is 3.05. The lowest BCUT2D eigenvalue weighted by atomic mass is 10.2. The first-order valence-electron chi connectivity index (χ1n) is 5.24. The third-order valence-corrected chi connectivity index (χ3v) is 2.42. The van der Waals surface area contributed by atoms with Gasteiger partial charge < -0.3 is 10.1 Å². The molecule has 0 aromatic carbocycles. The highest BCUT2D eigenvalue weighted by Crippen LogP contribution is 2.19. The van der Waals surface area contributed by atoms with E-state index < -0.39 is 0 Å². The fourth-order valence-corrected chi connectivity index (χ4v) is 1.40. The van der Waals surface area contributed by atoms with Gasteiger partial charge in [-0.15, -0.1) is 0 Å². The van der Waals surface area contributed by atoms with Crippen LogP contribution in [0, 0.1) is 13.8 Å². The van der Waals surface area contributed by atoms with Gasteiger partial charge in [0.1, 0.15) is 11.9 Å². The highest BCUT2D eigenvalue weighted by molar-refractivity contribution is 5.44. The normalized spacial score (nSPS) is 12.6. The second kappa shape index (κ2) is 5.07. The van der Waals surface area contributed by atoms with Crippen LogP contribution in [-0.2, 0) is 4.74 Å². The second-order valence-corrected chi connectivity index (χ2v) is 3.49. The second-order valence-electron chi connectivity index (χ2n) is 3.49. The minimum atomic E-state index is -0.0543. The zero-order valence-electron chi connectivity index (χ0n) is 10.1. The molecule has 0 radical (unpaired) electrons. The first kappa shape index (κ1) is 11.9. The maximum Gasteiger partial charge on any atom is 0.159 e. The molecule has 0 aliphatic rings. The third kappa shape index (κ3) is 2.65. The lowest BCUT2D eigenvalue weighted by Crippen LogP contribution is -2.10. The molecule has 1 unspecified atom stereocenters. The fourth-order valence-electron chi connectivity index (χ4n) is 1.40. The summed E-state index contributed by atoms with van der Waals surface area (Å²) in [6.07, 6.45) is -0.0543. The van der Waals surface area contributed by atoms with Gasteiger partial charge in [0.05, 0.1) is 0 Å². The summed E-state index contributed by atoms with van der Waals surface area (Å²) in [6.45, 7) is 8.60. The maximum absolute atomic E-state index is 5.47. The van der Waals surface area contributed by atoms with Crippen molar-refractivity contribution in [2.75, 3.05) is 19.0 Å². The van der Waals surface area contributed by atoms with Crippen LogP contribution in [0.4, 0.5) is 5.82 Å². The third-order valence-electron chi connectivity index (χ3n) is 2.42. The number of hydrogen-bond acceptors (Lipinski definition) is 4. The predicted octanol–water partition coefficient (Wildman–Crippen LogP) is 2.23. The molecule has 0 aliphatic heterocycles. The highest BCUT2D eigenvalue weighted by Gasteiger charge is 2.12. The van der Waals surface area contributed by atoms with Crippen molar-refractivity contribution in [1.82, 2.24) is 9.97 Å². The molecule has 0 bridgehead atoms. The van der Waals surface area contributed by atoms with Crippen molar-refractivity contribution in [2.45, 2.75) is 33.8 Å². The van der Waals surface area contributed by atoms with Crippen molar-refractivity contribution in [3.05, 3.63) is 17.1 Å². The van der Waals surface area contributed by atoms with Gasteiger partial charge in [0.15, 0.2) is 5.82 Å². The fraction of sp³-hybridized carbons (Fsp3) is 0.636. The average Bonchev–Trinajstić information content (AvgIpc) is 2.22. The monoisotopic (exact) mass is 209 g/mol. The van der Waals surface area contributed by atoms with Crippen molar-refractivity contribution in [2.24, 2.45) is 0 Å². The molecule has 1 N–H and O–H groups in total. The predicted molar refractivity (Wildman–Crippen MR) is 61.1 cm³/mol. The van der Waals surface area contributed by atoms with Crippen LogP contribution in [0.2, 0.25) is 0 Å². The lowest BCUT2D eigenvalue weighted by Gasteiger charge is -2.14. The maximum atomic E-state index is 5.47. The molecule has 1 aromatic heterocycles. The molecule has 0 fully saturated rings. The highest BCUT2D eigenvalue weighted by atomic mass is 16.5. The van der Waals surface area contributed by atoms with Gasteiger partial charge in [-0.2, -0.15) is 0 Å². The van der Waals surface area contributed by atoms with Crippen LogP contribution < -0.4 is 5.32 Å². The smallest absolute Gasteiger partial charge is 0.159 e. The quantitative estimate of drug-likeness (QED) is 0.826. The largest absolute Gasteiger partial charge is 0.373 e. The van der Waals surface area contributed by atoms with Crippen molar-refractivity contribution in [3.8, 4) is 0 Å². The van der Waals surface area contributed by atoms with Gasteiger partial charge in [0.2, 0.25) is 0 Å². The molecule has 84 valence electrons. The number of aromatic nitrogens is 2. The summed E-state index contributed by atoms with van der Waals surface area (Å²) in [5.74, 6) is 1.62. The number of ether oxygens (including phenoxy) is 1. The van der Waals surface area contributed by atoms with E-state index in [9.17, 15) is 0 Å². The van der Waals surface area contributed by atoms with E-state index in [2.05, 4.69) is 15.3 Å². The number of hydrogen-bond donors (Lipinski definition) is 1. The van der Waals surface area contributed by atoms with E-state index in [1.165, 1.54) is 0 Å². The summed E-state index contributed by atoms with van der Waals surface area (Å²) in [6, 6.07) is 0. The van der Waals surface area contributed by atoms with Gasteiger partial charge in [0.25, 0.3) is 0 Å². The molecule has 1 atom stereocenters. The number of nitrogens with one attached hydrogen (secondary N) is 1. The van der Waals surface area contributed by atoms with Gasteiger partial charge in [-0.3, -0.25) is 0 Å². The first-order chi connectivity index (χ1) is 7.10. The molecule has 1 rings (SSSR count). The van der Waals surface area contributed by atoms with Crippen LogP contribution in [0.15, 0.2) is 0 Å². The summed E-state index contributed by atoms with van der Waals surface area (Å²) < 4.78 is 5.47. The molecule has 0 saturated heterocycles. The van der Waals surface area contributed by atoms with Crippen LogP contribution in [0.3, 0.4) is 0 Å². The average molecular weight is 209 g/mol. The molecule has 4 heteroatoms. The van der Waals surface area contributed by atoms with E-state index in [1.54, 1.807) is 0 Å². The van der Waals surface area contributed by atoms with Gasteiger partial charge in [0, 0.05) is 24.9 Å². The van der Waals surface area contributed by atoms with Crippen LogP contribution >= 0.6 is 0 Å². The molecule has 0 saturated carbocycles. The molecular weight excluding hydrogens is 190 g/mol. The van der Waals surface area contributed by atoms with E-state index in [0.29, 0.717) is 6.61 Å². The van der Waals surface area contributed by atoms with Crippen molar-refractivity contribution < 1.29 is 4.74 Å². The summed E-state index contributed by atoms with van der Waals surface area (Å²) in [7, 11) is 1.86. The minimum Gasteiger partial charge on any atom is -0.373 e. The van der Waals surface area contributed by atoms with Crippen LogP contribution in [0.1, 0.15) is 37.0 Å². The van der Waals surface area contributed by atoms with Crippen molar-refractivity contribution in [1.29, 1.82) is 0 Å². The van der Waals surface area contributed by atoms with Crippen molar-refractivity contribution >= 4 is 5.82 Å². The zero-order chi connectivity index (χ0) is 11.4. The summed E-state index contributed by atoms with van der Waals surface area (Å²) >= 11 is 0. The van der Waals surface area contributed by atoms with E-state index in [4.69, 9.17) is 4.74 Å². The Bertz CT molecular complexity index is 339. The topological polar surface area (TPSA) is 47.0 Å². The Kier molecular flexibility index (Phi) is 4.03. The Labute approximate surface area is 91.1 Å². The van der Waals surface area contributed by atoms with Crippen LogP contribution in [-0.4, -0.2) is 23.6 Å². The van der Waals surface area contributed by atoms with E-state index in [1.807, 2.05) is 34.7 Å². The Morgan fingerprint density at radius 3 is 2.53 bits per heavy atom. The molecular formula is C11H19N3O. The number of nitrogens with zero attached hydrogens (tertiary/aromatic N) is 2. The standard InChI is InChI=1S/C11H19N3O/c1-6-15-9(4)11-13-8(3)7(2)10(12-5)14-11/h9H,6H2,1-5H3,(H,12,13,14). The van der Waals surface area contributed by atoms with Crippen molar-refractivity contribution in [3.63, 3.8) is 0 Å². The lowest BCUT2D eigenvalue weighted by molar-refractivity contribution is 0.0700. The van der Waals surface area contributed by atoms with Gasteiger partial charge in [-0.25, -0.2) is 9.97 Å².